The minimum absolute atomic E-state index is 0.623. The molecule has 1 aromatic heterocycles. The van der Waals surface area contributed by atoms with Crippen molar-refractivity contribution in [2.75, 3.05) is 0 Å². The molecule has 23 heavy (non-hydrogen) atoms. The molecule has 3 aromatic rings. The maximum Gasteiger partial charge on any atom is 0.0500 e. The lowest BCUT2D eigenvalue weighted by Crippen LogP contribution is -1.95. The molecule has 3 rings (SSSR count). The van der Waals surface area contributed by atoms with Crippen LogP contribution in [-0.2, 0) is 0 Å². The number of hydrogen-bond acceptors (Lipinski definition) is 0. The van der Waals surface area contributed by atoms with Crippen molar-refractivity contribution < 1.29 is 0 Å². The van der Waals surface area contributed by atoms with Crippen LogP contribution in [0.3, 0.4) is 0 Å². The molecule has 0 aliphatic heterocycles. The Morgan fingerprint density at radius 2 is 1.57 bits per heavy atom. The van der Waals surface area contributed by atoms with Gasteiger partial charge in [-0.15, -0.1) is 0 Å². The average molecular weight is 307 g/mol. The van der Waals surface area contributed by atoms with E-state index in [4.69, 9.17) is 0 Å². The third kappa shape index (κ3) is 3.60. The number of para-hydroxylation sites is 2. The van der Waals surface area contributed by atoms with Crippen molar-refractivity contribution in [3.63, 3.8) is 0 Å². The summed E-state index contributed by atoms with van der Waals surface area (Å²) in [4.78, 5) is 3.65. The molecule has 0 aliphatic carbocycles. The van der Waals surface area contributed by atoms with Gasteiger partial charge in [0.05, 0.1) is 0 Å². The topological polar surface area (TPSA) is 15.8 Å². The van der Waals surface area contributed by atoms with E-state index in [1.807, 2.05) is 0 Å². The Morgan fingerprint density at radius 3 is 2.43 bits per heavy atom. The number of benzene rings is 2. The van der Waals surface area contributed by atoms with Crippen molar-refractivity contribution in [1.29, 1.82) is 0 Å². The Morgan fingerprint density at radius 1 is 0.826 bits per heavy atom. The first-order chi connectivity index (χ1) is 11.3. The highest BCUT2D eigenvalue weighted by Crippen LogP contribution is 2.32. The highest BCUT2D eigenvalue weighted by molar-refractivity contribution is 6.08. The van der Waals surface area contributed by atoms with Gasteiger partial charge in [0.25, 0.3) is 0 Å². The summed E-state index contributed by atoms with van der Waals surface area (Å²) in [6, 6.07) is 15.4. The Hall–Kier alpha value is -1.76. The Bertz CT molecular complexity index is 753. The van der Waals surface area contributed by atoms with E-state index in [1.54, 1.807) is 0 Å². The zero-order chi connectivity index (χ0) is 16.1. The molecule has 1 atom stereocenters. The van der Waals surface area contributed by atoms with Gasteiger partial charge in [-0.3, -0.25) is 0 Å². The molecule has 1 heteroatoms. The number of unbranched alkanes of at least 4 members (excludes halogenated alkanes) is 5. The second-order valence-corrected chi connectivity index (χ2v) is 6.90. The van der Waals surface area contributed by atoms with Gasteiger partial charge in [-0.05, 0) is 24.0 Å². The summed E-state index contributed by atoms with van der Waals surface area (Å²) in [5.41, 5.74) is 4.07. The average Bonchev–Trinajstić information content (AvgIpc) is 2.96. The van der Waals surface area contributed by atoms with E-state index in [9.17, 15) is 0 Å². The summed E-state index contributed by atoms with van der Waals surface area (Å²) < 4.78 is 0. The number of hydrogen-bond donors (Lipinski definition) is 1. The van der Waals surface area contributed by atoms with Crippen molar-refractivity contribution in [3.8, 4) is 0 Å². The van der Waals surface area contributed by atoms with Crippen LogP contribution >= 0.6 is 0 Å². The molecule has 1 nitrogen and oxygen atoms in total. The molecule has 0 spiro atoms. The third-order valence-corrected chi connectivity index (χ3v) is 5.10. The van der Waals surface area contributed by atoms with E-state index in [-0.39, 0.29) is 0 Å². The molecule has 0 radical (unpaired) electrons. The van der Waals surface area contributed by atoms with Crippen molar-refractivity contribution in [2.24, 2.45) is 0 Å². The van der Waals surface area contributed by atoms with Crippen molar-refractivity contribution >= 4 is 21.8 Å². The van der Waals surface area contributed by atoms with Crippen molar-refractivity contribution in [1.82, 2.24) is 4.98 Å². The van der Waals surface area contributed by atoms with E-state index in [0.29, 0.717) is 5.92 Å². The van der Waals surface area contributed by atoms with Gasteiger partial charge in [-0.2, -0.15) is 0 Å². The minimum atomic E-state index is 0.623. The fourth-order valence-corrected chi connectivity index (χ4v) is 3.69. The maximum atomic E-state index is 3.65. The lowest BCUT2D eigenvalue weighted by Gasteiger charge is -2.13. The normalized spacial score (nSPS) is 13.0. The Balaban J connectivity index is 1.72. The van der Waals surface area contributed by atoms with Crippen LogP contribution in [0.2, 0.25) is 0 Å². The molecular weight excluding hydrogens is 278 g/mol. The summed E-state index contributed by atoms with van der Waals surface area (Å²) in [6.45, 7) is 4.66. The second kappa shape index (κ2) is 7.68. The molecule has 0 amide bonds. The summed E-state index contributed by atoms with van der Waals surface area (Å²) >= 11 is 0. The number of H-pyrrole nitrogens is 1. The highest BCUT2D eigenvalue weighted by atomic mass is 14.7. The third-order valence-electron chi connectivity index (χ3n) is 5.10. The second-order valence-electron chi connectivity index (χ2n) is 6.90. The zero-order valence-corrected chi connectivity index (χ0v) is 14.6. The van der Waals surface area contributed by atoms with Gasteiger partial charge in [-0.1, -0.05) is 88.8 Å². The molecule has 0 saturated heterocycles. The van der Waals surface area contributed by atoms with Crippen LogP contribution in [0.25, 0.3) is 21.8 Å². The van der Waals surface area contributed by atoms with Gasteiger partial charge in [0.2, 0.25) is 0 Å². The number of rotatable bonds is 8. The molecule has 122 valence electrons. The van der Waals surface area contributed by atoms with Crippen LogP contribution in [0, 0.1) is 0 Å². The van der Waals surface area contributed by atoms with E-state index in [1.165, 1.54) is 72.3 Å². The van der Waals surface area contributed by atoms with Gasteiger partial charge in [0.1, 0.15) is 0 Å². The number of aromatic nitrogens is 1. The number of nitrogens with one attached hydrogen (secondary N) is 1. The summed E-state index contributed by atoms with van der Waals surface area (Å²) in [5.74, 6) is 0.623. The van der Waals surface area contributed by atoms with Crippen LogP contribution in [0.5, 0.6) is 0 Å². The number of aromatic amines is 1. The molecule has 0 bridgehead atoms. The summed E-state index contributed by atoms with van der Waals surface area (Å²) in [5, 5.41) is 2.71. The Kier molecular flexibility index (Phi) is 5.38. The van der Waals surface area contributed by atoms with Gasteiger partial charge in [0.15, 0.2) is 0 Å². The summed E-state index contributed by atoms with van der Waals surface area (Å²) in [6.07, 6.45) is 9.55. The van der Waals surface area contributed by atoms with Crippen LogP contribution in [0.15, 0.2) is 42.5 Å². The lowest BCUT2D eigenvalue weighted by atomic mass is 9.93. The quantitative estimate of drug-likeness (QED) is 0.424. The van der Waals surface area contributed by atoms with Gasteiger partial charge in [-0.25, -0.2) is 0 Å². The van der Waals surface area contributed by atoms with Crippen molar-refractivity contribution in [2.45, 2.75) is 64.7 Å². The van der Waals surface area contributed by atoms with E-state index < -0.39 is 0 Å². The van der Waals surface area contributed by atoms with Crippen LogP contribution in [0.4, 0.5) is 0 Å². The van der Waals surface area contributed by atoms with Crippen LogP contribution in [0.1, 0.15) is 70.3 Å². The fourth-order valence-electron chi connectivity index (χ4n) is 3.69. The molecule has 0 saturated carbocycles. The molecule has 2 aromatic carbocycles. The zero-order valence-electron chi connectivity index (χ0n) is 14.6. The SMILES string of the molecule is CCCCCCCCC(C)c1cccc2c1[nH]c1ccccc12. The van der Waals surface area contributed by atoms with Crippen LogP contribution < -0.4 is 0 Å². The molecule has 0 fully saturated rings. The van der Waals surface area contributed by atoms with E-state index in [2.05, 4.69) is 61.3 Å². The van der Waals surface area contributed by atoms with Gasteiger partial charge < -0.3 is 4.98 Å². The summed E-state index contributed by atoms with van der Waals surface area (Å²) in [7, 11) is 0. The van der Waals surface area contributed by atoms with E-state index in [0.717, 1.165) is 0 Å². The predicted molar refractivity (Wildman–Crippen MR) is 102 cm³/mol. The van der Waals surface area contributed by atoms with Gasteiger partial charge >= 0.3 is 0 Å². The highest BCUT2D eigenvalue weighted by Gasteiger charge is 2.12. The minimum Gasteiger partial charge on any atom is -0.354 e. The first kappa shape index (κ1) is 16.1. The van der Waals surface area contributed by atoms with Crippen molar-refractivity contribution in [3.05, 3.63) is 48.0 Å². The van der Waals surface area contributed by atoms with Crippen LogP contribution in [-0.4, -0.2) is 4.98 Å². The number of fused-ring (bicyclic) bond motifs is 3. The van der Waals surface area contributed by atoms with Gasteiger partial charge in [0, 0.05) is 21.8 Å². The Labute approximate surface area is 140 Å². The fraction of sp³-hybridized carbons (Fsp3) is 0.455. The largest absolute Gasteiger partial charge is 0.354 e. The standard InChI is InChI=1S/C22H29N/c1-3-4-5-6-7-8-12-17(2)18-14-11-15-20-19-13-9-10-16-21(19)23-22(18)20/h9-11,13-17,23H,3-8,12H2,1-2H3. The maximum absolute atomic E-state index is 3.65. The smallest absolute Gasteiger partial charge is 0.0500 e. The molecule has 1 N–H and O–H groups in total. The van der Waals surface area contributed by atoms with E-state index >= 15 is 0 Å². The molecule has 0 aliphatic rings. The molecule has 1 unspecified atom stereocenters. The monoisotopic (exact) mass is 307 g/mol. The predicted octanol–water partition coefficient (Wildman–Crippen LogP) is 7.18. The molecule has 1 heterocycles. The first-order valence-corrected chi connectivity index (χ1v) is 9.30. The first-order valence-electron chi connectivity index (χ1n) is 9.30. The molecular formula is C22H29N. The lowest BCUT2D eigenvalue weighted by molar-refractivity contribution is 0.558.